The van der Waals surface area contributed by atoms with Crippen LogP contribution in [-0.4, -0.2) is 29.8 Å². The van der Waals surface area contributed by atoms with Crippen LogP contribution in [0.2, 0.25) is 0 Å². The fourth-order valence-electron chi connectivity index (χ4n) is 2.06. The van der Waals surface area contributed by atoms with E-state index in [9.17, 15) is 13.6 Å². The van der Waals surface area contributed by atoms with Crippen LogP contribution in [-0.2, 0) is 0 Å². The van der Waals surface area contributed by atoms with E-state index in [0.29, 0.717) is 24.1 Å². The lowest BCUT2D eigenvalue weighted by Crippen LogP contribution is -2.45. The number of nitrogens with zero attached hydrogens (tertiary/aromatic N) is 1. The number of piperidine rings is 1. The maximum Gasteiger partial charge on any atom is 0.265 e. The van der Waals surface area contributed by atoms with Gasteiger partial charge in [-0.05, 0) is 24.6 Å². The third-order valence-electron chi connectivity index (χ3n) is 2.96. The highest BCUT2D eigenvalue weighted by Crippen LogP contribution is 2.27. The molecule has 0 spiro atoms. The fourth-order valence-corrected chi connectivity index (χ4v) is 2.06. The average molecular weight is 249 g/mol. The highest BCUT2D eigenvalue weighted by molar-refractivity contribution is 5.94. The molecule has 1 heterocycles. The second-order valence-corrected chi connectivity index (χ2v) is 4.41. The Morgan fingerprint density at radius 2 is 2.22 bits per heavy atom. The Morgan fingerprint density at radius 1 is 1.44 bits per heavy atom. The van der Waals surface area contributed by atoms with Crippen molar-refractivity contribution in [1.29, 1.82) is 0 Å². The van der Waals surface area contributed by atoms with Crippen LogP contribution < -0.4 is 0 Å². The van der Waals surface area contributed by atoms with Gasteiger partial charge < -0.3 is 4.90 Å². The van der Waals surface area contributed by atoms with E-state index in [2.05, 4.69) is 5.92 Å². The first-order valence-electron chi connectivity index (χ1n) is 5.76. The van der Waals surface area contributed by atoms with Gasteiger partial charge in [-0.25, -0.2) is 8.78 Å². The Labute approximate surface area is 105 Å². The van der Waals surface area contributed by atoms with E-state index in [1.54, 1.807) is 24.3 Å². The van der Waals surface area contributed by atoms with E-state index in [1.165, 1.54) is 4.90 Å². The summed E-state index contributed by atoms with van der Waals surface area (Å²) in [6, 6.07) is 6.50. The number of hydrogen-bond donors (Lipinski definition) is 0. The normalized spacial score (nSPS) is 18.2. The van der Waals surface area contributed by atoms with Crippen LogP contribution in [0, 0.1) is 12.3 Å². The molecule has 4 heteroatoms. The molecule has 0 aromatic heterocycles. The first-order chi connectivity index (χ1) is 8.52. The van der Waals surface area contributed by atoms with Crippen LogP contribution >= 0.6 is 0 Å². The maximum atomic E-state index is 13.2. The number of benzene rings is 1. The van der Waals surface area contributed by atoms with Crippen molar-refractivity contribution in [3.63, 3.8) is 0 Å². The van der Waals surface area contributed by atoms with Crippen molar-refractivity contribution in [1.82, 2.24) is 4.90 Å². The van der Waals surface area contributed by atoms with Crippen molar-refractivity contribution in [2.45, 2.75) is 18.8 Å². The molecule has 1 fully saturated rings. The molecule has 0 unspecified atom stereocenters. The molecule has 0 N–H and O–H groups in total. The van der Waals surface area contributed by atoms with E-state index in [0.717, 1.165) is 0 Å². The summed E-state index contributed by atoms with van der Waals surface area (Å²) >= 11 is 0. The van der Waals surface area contributed by atoms with Gasteiger partial charge in [0, 0.05) is 24.1 Å². The Balaban J connectivity index is 2.18. The summed E-state index contributed by atoms with van der Waals surface area (Å²) in [7, 11) is 0. The third kappa shape index (κ3) is 2.67. The Bertz CT molecular complexity index is 505. The molecular weight excluding hydrogens is 236 g/mol. The molecule has 1 amide bonds. The van der Waals surface area contributed by atoms with Crippen LogP contribution in [0.25, 0.3) is 0 Å². The van der Waals surface area contributed by atoms with Gasteiger partial charge >= 0.3 is 0 Å². The summed E-state index contributed by atoms with van der Waals surface area (Å²) in [5.41, 5.74) is 0.938. The van der Waals surface area contributed by atoms with Gasteiger partial charge in [-0.15, -0.1) is 6.42 Å². The number of alkyl halides is 2. The predicted molar refractivity (Wildman–Crippen MR) is 64.5 cm³/mol. The molecule has 1 saturated heterocycles. The van der Waals surface area contributed by atoms with Gasteiger partial charge in [-0.3, -0.25) is 4.79 Å². The second kappa shape index (κ2) is 4.77. The lowest BCUT2D eigenvalue weighted by molar-refractivity contribution is -0.0560. The number of carbonyl (C=O) groups excluding carboxylic acids is 1. The van der Waals surface area contributed by atoms with E-state index in [1.807, 2.05) is 0 Å². The lowest BCUT2D eigenvalue weighted by atomic mass is 10.0. The van der Waals surface area contributed by atoms with Gasteiger partial charge in [0.2, 0.25) is 0 Å². The Kier molecular flexibility index (Phi) is 3.33. The van der Waals surface area contributed by atoms with Crippen LogP contribution in [0.1, 0.15) is 28.8 Å². The first kappa shape index (κ1) is 12.6. The fraction of sp³-hybridized carbons (Fsp3) is 0.357. The zero-order valence-corrected chi connectivity index (χ0v) is 9.83. The molecule has 1 aliphatic rings. The van der Waals surface area contributed by atoms with Crippen LogP contribution in [0.4, 0.5) is 8.78 Å². The summed E-state index contributed by atoms with van der Waals surface area (Å²) < 4.78 is 26.5. The predicted octanol–water partition coefficient (Wildman–Crippen LogP) is 2.54. The maximum absolute atomic E-state index is 13.2. The van der Waals surface area contributed by atoms with Gasteiger partial charge in [0.1, 0.15) is 0 Å². The van der Waals surface area contributed by atoms with Gasteiger partial charge in [-0.2, -0.15) is 0 Å². The summed E-state index contributed by atoms with van der Waals surface area (Å²) in [4.78, 5) is 13.3. The van der Waals surface area contributed by atoms with Crippen molar-refractivity contribution in [2.75, 3.05) is 13.1 Å². The Morgan fingerprint density at radius 3 is 2.89 bits per heavy atom. The minimum Gasteiger partial charge on any atom is -0.333 e. The molecule has 0 aliphatic carbocycles. The quantitative estimate of drug-likeness (QED) is 0.700. The number of rotatable bonds is 1. The van der Waals surface area contributed by atoms with Crippen LogP contribution in [0.5, 0.6) is 0 Å². The molecular formula is C14H13F2NO. The Hall–Kier alpha value is -1.89. The van der Waals surface area contributed by atoms with Gasteiger partial charge in [0.15, 0.2) is 0 Å². The first-order valence-corrected chi connectivity index (χ1v) is 5.76. The lowest BCUT2D eigenvalue weighted by Gasteiger charge is -2.32. The third-order valence-corrected chi connectivity index (χ3v) is 2.96. The van der Waals surface area contributed by atoms with Crippen molar-refractivity contribution in [3.05, 3.63) is 35.4 Å². The summed E-state index contributed by atoms with van der Waals surface area (Å²) in [6.07, 6.45) is 5.42. The SMILES string of the molecule is C#Cc1cccc(C(=O)N2CCCC(F)(F)C2)c1. The van der Waals surface area contributed by atoms with Crippen LogP contribution in [0.3, 0.4) is 0 Å². The molecule has 0 saturated carbocycles. The smallest absolute Gasteiger partial charge is 0.265 e. The number of halogens is 2. The van der Waals surface area contributed by atoms with Crippen molar-refractivity contribution in [3.8, 4) is 12.3 Å². The molecule has 94 valence electrons. The largest absolute Gasteiger partial charge is 0.333 e. The van der Waals surface area contributed by atoms with Gasteiger partial charge in [0.25, 0.3) is 11.8 Å². The van der Waals surface area contributed by atoms with Gasteiger partial charge in [-0.1, -0.05) is 12.0 Å². The van der Waals surface area contributed by atoms with E-state index in [-0.39, 0.29) is 12.3 Å². The van der Waals surface area contributed by atoms with Crippen molar-refractivity contribution in [2.24, 2.45) is 0 Å². The van der Waals surface area contributed by atoms with Crippen molar-refractivity contribution < 1.29 is 13.6 Å². The molecule has 18 heavy (non-hydrogen) atoms. The molecule has 0 atom stereocenters. The molecule has 0 bridgehead atoms. The average Bonchev–Trinajstić information content (AvgIpc) is 2.37. The second-order valence-electron chi connectivity index (χ2n) is 4.41. The molecule has 1 aromatic rings. The minimum atomic E-state index is -2.78. The van der Waals surface area contributed by atoms with E-state index in [4.69, 9.17) is 6.42 Å². The molecule has 2 nitrogen and oxygen atoms in total. The monoisotopic (exact) mass is 249 g/mol. The zero-order chi connectivity index (χ0) is 13.2. The summed E-state index contributed by atoms with van der Waals surface area (Å²) in [5, 5.41) is 0. The molecule has 2 rings (SSSR count). The van der Waals surface area contributed by atoms with Crippen LogP contribution in [0.15, 0.2) is 24.3 Å². The number of amides is 1. The van der Waals surface area contributed by atoms with Crippen molar-refractivity contribution >= 4 is 5.91 Å². The zero-order valence-electron chi connectivity index (χ0n) is 9.83. The van der Waals surface area contributed by atoms with E-state index >= 15 is 0 Å². The highest BCUT2D eigenvalue weighted by atomic mass is 19.3. The molecule has 1 aromatic carbocycles. The van der Waals surface area contributed by atoms with E-state index < -0.39 is 12.5 Å². The summed E-state index contributed by atoms with van der Waals surface area (Å²) in [5.74, 6) is -0.740. The number of hydrogen-bond acceptors (Lipinski definition) is 1. The van der Waals surface area contributed by atoms with Gasteiger partial charge in [0.05, 0.1) is 6.54 Å². The molecule has 0 radical (unpaired) electrons. The highest BCUT2D eigenvalue weighted by Gasteiger charge is 2.37. The molecule has 1 aliphatic heterocycles. The minimum absolute atomic E-state index is 0.152. The number of carbonyl (C=O) groups is 1. The summed E-state index contributed by atoms with van der Waals surface area (Å²) in [6.45, 7) is -0.138. The number of likely N-dealkylation sites (tertiary alicyclic amines) is 1. The standard InChI is InChI=1S/C14H13F2NO/c1-2-11-5-3-6-12(9-11)13(18)17-8-4-7-14(15,16)10-17/h1,3,5-6,9H,4,7-8,10H2. The topological polar surface area (TPSA) is 20.3 Å². The number of terminal acetylenes is 1.